The molecule has 0 atom stereocenters. The van der Waals surface area contributed by atoms with Gasteiger partial charge in [0.15, 0.2) is 0 Å². The second kappa shape index (κ2) is 6.10. The smallest absolute Gasteiger partial charge is 0.266 e. The van der Waals surface area contributed by atoms with Crippen LogP contribution in [-0.2, 0) is 11.2 Å². The number of nitrogens with zero attached hydrogens (tertiary/aromatic N) is 3. The van der Waals surface area contributed by atoms with Crippen LogP contribution >= 0.6 is 0 Å². The molecule has 0 bridgehead atoms. The predicted octanol–water partition coefficient (Wildman–Crippen LogP) is 1.36. The number of anilines is 1. The van der Waals surface area contributed by atoms with E-state index in [1.807, 2.05) is 0 Å². The first kappa shape index (κ1) is 13.8. The third kappa shape index (κ3) is 2.96. The van der Waals surface area contributed by atoms with Crippen molar-refractivity contribution in [2.75, 3.05) is 37.7 Å². The lowest BCUT2D eigenvalue weighted by molar-refractivity contribution is 0.121. The van der Waals surface area contributed by atoms with Crippen LogP contribution in [0, 0.1) is 5.41 Å². The number of hydrogen-bond acceptors (Lipinski definition) is 6. The van der Waals surface area contributed by atoms with Gasteiger partial charge in [0, 0.05) is 19.5 Å². The molecule has 1 aromatic rings. The number of ether oxygens (including phenoxy) is 1. The molecule has 2 aliphatic rings. The minimum atomic E-state index is 0.174. The van der Waals surface area contributed by atoms with Crippen molar-refractivity contribution < 1.29 is 9.26 Å². The summed E-state index contributed by atoms with van der Waals surface area (Å²) in [6, 6.07) is 0. The maximum absolute atomic E-state index is 6.02. The lowest BCUT2D eigenvalue weighted by atomic mass is 9.72. The number of hydrogen-bond donors (Lipinski definition) is 1. The number of nitrogens with two attached hydrogens (primary N) is 1. The van der Waals surface area contributed by atoms with Gasteiger partial charge in [0.2, 0.25) is 5.89 Å². The van der Waals surface area contributed by atoms with Crippen molar-refractivity contribution >= 4 is 5.95 Å². The second-order valence-corrected chi connectivity index (χ2v) is 6.03. The Morgan fingerprint density at radius 2 is 1.90 bits per heavy atom. The van der Waals surface area contributed by atoms with Gasteiger partial charge in [-0.15, -0.1) is 0 Å². The Kier molecular flexibility index (Phi) is 4.21. The van der Waals surface area contributed by atoms with Crippen LogP contribution < -0.4 is 10.6 Å². The molecule has 0 unspecified atom stereocenters. The zero-order chi connectivity index (χ0) is 13.8. The Hall–Kier alpha value is -1.14. The molecule has 6 heteroatoms. The van der Waals surface area contributed by atoms with Crippen LogP contribution in [0.1, 0.15) is 38.0 Å². The molecule has 1 aliphatic carbocycles. The quantitative estimate of drug-likeness (QED) is 0.897. The zero-order valence-electron chi connectivity index (χ0n) is 12.0. The minimum absolute atomic E-state index is 0.174. The Balaban J connectivity index is 1.66. The van der Waals surface area contributed by atoms with Crippen LogP contribution in [0.3, 0.4) is 0 Å². The van der Waals surface area contributed by atoms with Crippen LogP contribution in [0.15, 0.2) is 4.52 Å². The molecule has 0 radical (unpaired) electrons. The van der Waals surface area contributed by atoms with Gasteiger partial charge < -0.3 is 19.9 Å². The number of rotatable bonds is 4. The fraction of sp³-hybridized carbons (Fsp3) is 0.857. The average Bonchev–Trinajstić information content (AvgIpc) is 2.97. The molecule has 0 amide bonds. The number of aromatic nitrogens is 2. The molecule has 0 spiro atoms. The SMILES string of the molecule is NCC1(Cc2nc(N3CCOCC3)no2)CCCCC1. The van der Waals surface area contributed by atoms with E-state index in [4.69, 9.17) is 15.0 Å². The molecule has 2 heterocycles. The van der Waals surface area contributed by atoms with E-state index in [2.05, 4.69) is 15.0 Å². The lowest BCUT2D eigenvalue weighted by Gasteiger charge is -2.34. The van der Waals surface area contributed by atoms with Gasteiger partial charge in [-0.05, 0) is 30.0 Å². The van der Waals surface area contributed by atoms with Crippen molar-refractivity contribution in [3.63, 3.8) is 0 Å². The van der Waals surface area contributed by atoms with Crippen molar-refractivity contribution in [1.82, 2.24) is 10.1 Å². The molecule has 3 rings (SSSR count). The highest BCUT2D eigenvalue weighted by Gasteiger charge is 2.33. The van der Waals surface area contributed by atoms with Gasteiger partial charge in [-0.2, -0.15) is 4.98 Å². The molecule has 1 saturated heterocycles. The van der Waals surface area contributed by atoms with Crippen molar-refractivity contribution in [3.05, 3.63) is 5.89 Å². The van der Waals surface area contributed by atoms with Crippen LogP contribution in [0.2, 0.25) is 0 Å². The van der Waals surface area contributed by atoms with E-state index in [1.165, 1.54) is 32.1 Å². The van der Waals surface area contributed by atoms with E-state index in [-0.39, 0.29) is 5.41 Å². The van der Waals surface area contributed by atoms with Gasteiger partial charge in [-0.3, -0.25) is 0 Å². The second-order valence-electron chi connectivity index (χ2n) is 6.03. The monoisotopic (exact) mass is 280 g/mol. The summed E-state index contributed by atoms with van der Waals surface area (Å²) in [6.45, 7) is 3.84. The van der Waals surface area contributed by atoms with Crippen molar-refractivity contribution in [1.29, 1.82) is 0 Å². The predicted molar refractivity (Wildman–Crippen MR) is 75.6 cm³/mol. The molecule has 112 valence electrons. The Bertz CT molecular complexity index is 423. The van der Waals surface area contributed by atoms with E-state index in [0.717, 1.165) is 38.6 Å². The summed E-state index contributed by atoms with van der Waals surface area (Å²) in [5, 5.41) is 4.11. The first-order valence-corrected chi connectivity index (χ1v) is 7.67. The molecule has 2 fully saturated rings. The normalized spacial score (nSPS) is 22.9. The first-order valence-electron chi connectivity index (χ1n) is 7.67. The number of morpholine rings is 1. The summed E-state index contributed by atoms with van der Waals surface area (Å²) >= 11 is 0. The topological polar surface area (TPSA) is 77.4 Å². The summed E-state index contributed by atoms with van der Waals surface area (Å²) in [6.07, 6.45) is 7.03. The van der Waals surface area contributed by atoms with Gasteiger partial charge in [0.25, 0.3) is 5.95 Å². The summed E-state index contributed by atoms with van der Waals surface area (Å²) in [4.78, 5) is 6.68. The van der Waals surface area contributed by atoms with Gasteiger partial charge in [-0.25, -0.2) is 0 Å². The highest BCUT2D eigenvalue weighted by Crippen LogP contribution is 2.38. The van der Waals surface area contributed by atoms with Gasteiger partial charge >= 0.3 is 0 Å². The van der Waals surface area contributed by atoms with Crippen LogP contribution in [0.4, 0.5) is 5.95 Å². The summed E-state index contributed by atoms with van der Waals surface area (Å²) in [5.41, 5.74) is 6.19. The van der Waals surface area contributed by atoms with Crippen LogP contribution in [0.5, 0.6) is 0 Å². The summed E-state index contributed by atoms with van der Waals surface area (Å²) < 4.78 is 10.8. The van der Waals surface area contributed by atoms with Crippen molar-refractivity contribution in [2.24, 2.45) is 11.1 Å². The molecule has 20 heavy (non-hydrogen) atoms. The van der Waals surface area contributed by atoms with Gasteiger partial charge in [0.05, 0.1) is 13.2 Å². The van der Waals surface area contributed by atoms with Crippen LogP contribution in [-0.4, -0.2) is 43.0 Å². The first-order chi connectivity index (χ1) is 9.81. The van der Waals surface area contributed by atoms with Gasteiger partial charge in [-0.1, -0.05) is 19.3 Å². The van der Waals surface area contributed by atoms with E-state index in [1.54, 1.807) is 0 Å². The maximum Gasteiger partial charge on any atom is 0.266 e. The minimum Gasteiger partial charge on any atom is -0.378 e. The van der Waals surface area contributed by atoms with E-state index >= 15 is 0 Å². The Morgan fingerprint density at radius 3 is 2.60 bits per heavy atom. The fourth-order valence-corrected chi connectivity index (χ4v) is 3.29. The van der Waals surface area contributed by atoms with Gasteiger partial charge in [0.1, 0.15) is 0 Å². The molecule has 1 aromatic heterocycles. The van der Waals surface area contributed by atoms with E-state index in [0.29, 0.717) is 12.5 Å². The van der Waals surface area contributed by atoms with Crippen LogP contribution in [0.25, 0.3) is 0 Å². The standard InChI is InChI=1S/C14H24N4O2/c15-11-14(4-2-1-3-5-14)10-12-16-13(17-20-12)18-6-8-19-9-7-18/h1-11,15H2. The molecule has 6 nitrogen and oxygen atoms in total. The average molecular weight is 280 g/mol. The van der Waals surface area contributed by atoms with Crippen molar-refractivity contribution in [3.8, 4) is 0 Å². The Labute approximate surface area is 119 Å². The van der Waals surface area contributed by atoms with E-state index < -0.39 is 0 Å². The molecule has 1 aliphatic heterocycles. The Morgan fingerprint density at radius 1 is 1.15 bits per heavy atom. The fourth-order valence-electron chi connectivity index (χ4n) is 3.29. The molecule has 1 saturated carbocycles. The summed E-state index contributed by atoms with van der Waals surface area (Å²) in [5.74, 6) is 1.44. The largest absolute Gasteiger partial charge is 0.378 e. The third-order valence-electron chi connectivity index (χ3n) is 4.62. The zero-order valence-corrected chi connectivity index (χ0v) is 12.0. The summed E-state index contributed by atoms with van der Waals surface area (Å²) in [7, 11) is 0. The highest BCUT2D eigenvalue weighted by molar-refractivity contribution is 5.28. The molecular formula is C14H24N4O2. The third-order valence-corrected chi connectivity index (χ3v) is 4.62. The van der Waals surface area contributed by atoms with Crippen molar-refractivity contribution in [2.45, 2.75) is 38.5 Å². The molecular weight excluding hydrogens is 256 g/mol. The van der Waals surface area contributed by atoms with E-state index in [9.17, 15) is 0 Å². The maximum atomic E-state index is 6.02. The lowest BCUT2D eigenvalue weighted by Crippen LogP contribution is -2.37. The highest BCUT2D eigenvalue weighted by atomic mass is 16.5. The molecule has 2 N–H and O–H groups in total. The molecule has 0 aromatic carbocycles.